The maximum absolute atomic E-state index is 12.6. The van der Waals surface area contributed by atoms with Gasteiger partial charge in [-0.1, -0.05) is 41.4 Å². The quantitative estimate of drug-likeness (QED) is 0.358. The zero-order valence-electron chi connectivity index (χ0n) is 16.5. The van der Waals surface area contributed by atoms with Crippen LogP contribution in [0.2, 0.25) is 10.0 Å². The van der Waals surface area contributed by atoms with Gasteiger partial charge in [-0.3, -0.25) is 14.6 Å². The van der Waals surface area contributed by atoms with E-state index in [4.69, 9.17) is 27.9 Å². The molecule has 0 radical (unpaired) electrons. The van der Waals surface area contributed by atoms with Crippen LogP contribution in [-0.2, 0) is 9.53 Å². The summed E-state index contributed by atoms with van der Waals surface area (Å²) >= 11 is 12.0. The second kappa shape index (κ2) is 10.9. The molecule has 2 aromatic carbocycles. The van der Waals surface area contributed by atoms with Crippen molar-refractivity contribution in [3.8, 4) is 0 Å². The zero-order valence-corrected chi connectivity index (χ0v) is 18.0. The van der Waals surface area contributed by atoms with Crippen molar-refractivity contribution in [3.05, 3.63) is 81.5 Å². The van der Waals surface area contributed by atoms with Gasteiger partial charge in [0.05, 0.1) is 17.1 Å². The molecule has 1 N–H and O–H groups in total. The third-order valence-electron chi connectivity index (χ3n) is 4.61. The number of carbonyl (C=O) groups excluding carboxylic acids is 3. The van der Waals surface area contributed by atoms with Gasteiger partial charge in [0.2, 0.25) is 5.91 Å². The van der Waals surface area contributed by atoms with E-state index in [2.05, 4.69) is 10.3 Å². The molecule has 1 atom stereocenters. The monoisotopic (exact) mass is 458 g/mol. The number of aliphatic imine (C=N–C) groups is 1. The molecule has 0 aromatic heterocycles. The molecule has 6 nitrogen and oxygen atoms in total. The van der Waals surface area contributed by atoms with Gasteiger partial charge in [0.25, 0.3) is 0 Å². The number of nitrogens with one attached hydrogen (secondary N) is 1. The summed E-state index contributed by atoms with van der Waals surface area (Å²) < 4.78 is 5.14. The fourth-order valence-electron chi connectivity index (χ4n) is 3.06. The molecule has 2 aromatic rings. The summed E-state index contributed by atoms with van der Waals surface area (Å²) in [5.41, 5.74) is 1.29. The van der Waals surface area contributed by atoms with Crippen molar-refractivity contribution >= 4 is 47.1 Å². The first-order valence-corrected chi connectivity index (χ1v) is 10.4. The van der Waals surface area contributed by atoms with E-state index in [1.54, 1.807) is 42.6 Å². The molecule has 0 aliphatic carbocycles. The average molecular weight is 459 g/mol. The third-order valence-corrected chi connectivity index (χ3v) is 5.16. The van der Waals surface area contributed by atoms with Crippen LogP contribution in [0, 0.1) is 5.92 Å². The Balaban J connectivity index is 1.45. The Morgan fingerprint density at radius 1 is 1.10 bits per heavy atom. The Bertz CT molecular complexity index is 1040. The number of Topliss-reactive ketones (excluding diaryl/α,β-unsaturated/α-hetero) is 1. The molecule has 1 unspecified atom stereocenters. The number of benzene rings is 2. The standard InChI is InChI=1S/C23H20Cl2N2O4/c24-18-6-7-19(20(25)12-18)21(28)11-15-10-17(14-26-13-15)22(29)27-8-9-31-23(30)16-4-2-1-3-5-16/h1-7,12-15H,8-11H2,(H,27,29). The molecular formula is C23H20Cl2N2O4. The van der Waals surface area contributed by atoms with E-state index in [9.17, 15) is 14.4 Å². The predicted octanol–water partition coefficient (Wildman–Crippen LogP) is 4.51. The molecule has 0 fully saturated rings. The number of hydrogen-bond donors (Lipinski definition) is 1. The lowest BCUT2D eigenvalue weighted by molar-refractivity contribution is -0.117. The number of rotatable bonds is 8. The highest BCUT2D eigenvalue weighted by atomic mass is 35.5. The van der Waals surface area contributed by atoms with Crippen molar-refractivity contribution in [1.82, 2.24) is 5.32 Å². The van der Waals surface area contributed by atoms with Crippen LogP contribution in [0.3, 0.4) is 0 Å². The summed E-state index contributed by atoms with van der Waals surface area (Å²) in [6.45, 7) is 0.218. The minimum atomic E-state index is -0.448. The number of nitrogens with zero attached hydrogens (tertiary/aromatic N) is 1. The number of ether oxygens (including phenoxy) is 1. The molecule has 0 spiro atoms. The second-order valence-electron chi connectivity index (χ2n) is 6.93. The van der Waals surface area contributed by atoms with Crippen molar-refractivity contribution < 1.29 is 19.1 Å². The van der Waals surface area contributed by atoms with E-state index in [-0.39, 0.29) is 37.2 Å². The summed E-state index contributed by atoms with van der Waals surface area (Å²) in [5.74, 6) is -1.13. The molecule has 1 aliphatic heterocycles. The Morgan fingerprint density at radius 2 is 1.87 bits per heavy atom. The summed E-state index contributed by atoms with van der Waals surface area (Å²) in [6.07, 6.45) is 3.67. The molecule has 0 saturated heterocycles. The number of carbonyl (C=O) groups is 3. The molecular weight excluding hydrogens is 439 g/mol. The minimum absolute atomic E-state index is 0.0486. The van der Waals surface area contributed by atoms with Crippen molar-refractivity contribution in [1.29, 1.82) is 0 Å². The molecule has 3 rings (SSSR count). The van der Waals surface area contributed by atoms with Crippen molar-refractivity contribution in [2.75, 3.05) is 13.2 Å². The van der Waals surface area contributed by atoms with Crippen LogP contribution < -0.4 is 5.32 Å². The Kier molecular flexibility index (Phi) is 7.98. The van der Waals surface area contributed by atoms with E-state index in [1.807, 2.05) is 6.07 Å². The van der Waals surface area contributed by atoms with Crippen LogP contribution in [-0.4, -0.2) is 37.0 Å². The van der Waals surface area contributed by atoms with E-state index < -0.39 is 5.97 Å². The fourth-order valence-corrected chi connectivity index (χ4v) is 3.58. The van der Waals surface area contributed by atoms with E-state index in [0.717, 1.165) is 0 Å². The predicted molar refractivity (Wildman–Crippen MR) is 120 cm³/mol. The smallest absolute Gasteiger partial charge is 0.338 e. The van der Waals surface area contributed by atoms with Gasteiger partial charge in [0, 0.05) is 40.9 Å². The highest BCUT2D eigenvalue weighted by Gasteiger charge is 2.22. The Morgan fingerprint density at radius 3 is 2.61 bits per heavy atom. The Labute approximate surface area is 189 Å². The third kappa shape index (κ3) is 6.51. The molecule has 31 heavy (non-hydrogen) atoms. The van der Waals surface area contributed by atoms with Gasteiger partial charge in [0.1, 0.15) is 6.61 Å². The SMILES string of the molecule is O=C(NCCOC(=O)c1ccccc1)C1=CN=CC(CC(=O)c2ccc(Cl)cc2Cl)C1. The van der Waals surface area contributed by atoms with E-state index in [1.165, 1.54) is 12.3 Å². The van der Waals surface area contributed by atoms with Gasteiger partial charge < -0.3 is 10.1 Å². The molecule has 0 bridgehead atoms. The second-order valence-corrected chi connectivity index (χ2v) is 7.77. The van der Waals surface area contributed by atoms with Crippen molar-refractivity contribution in [3.63, 3.8) is 0 Å². The molecule has 0 saturated carbocycles. The molecule has 1 heterocycles. The number of amides is 1. The van der Waals surface area contributed by atoms with Crippen LogP contribution in [0.15, 0.2) is 65.3 Å². The highest BCUT2D eigenvalue weighted by Crippen LogP contribution is 2.25. The number of ketones is 1. The van der Waals surface area contributed by atoms with Crippen molar-refractivity contribution in [2.24, 2.45) is 10.9 Å². The van der Waals surface area contributed by atoms with Crippen LogP contribution in [0.25, 0.3) is 0 Å². The normalized spacial score (nSPS) is 15.2. The summed E-state index contributed by atoms with van der Waals surface area (Å²) in [7, 11) is 0. The van der Waals surface area contributed by atoms with E-state index >= 15 is 0 Å². The molecule has 1 aliphatic rings. The average Bonchev–Trinajstić information content (AvgIpc) is 2.77. The first kappa shape index (κ1) is 22.7. The lowest BCUT2D eigenvalue weighted by Crippen LogP contribution is -2.31. The fraction of sp³-hybridized carbons (Fsp3) is 0.217. The van der Waals surface area contributed by atoms with Crippen LogP contribution in [0.4, 0.5) is 0 Å². The topological polar surface area (TPSA) is 84.8 Å². The zero-order chi connectivity index (χ0) is 22.2. The Hall–Kier alpha value is -2.96. The highest BCUT2D eigenvalue weighted by molar-refractivity contribution is 6.36. The van der Waals surface area contributed by atoms with Gasteiger partial charge >= 0.3 is 5.97 Å². The largest absolute Gasteiger partial charge is 0.460 e. The lowest BCUT2D eigenvalue weighted by Gasteiger charge is -2.17. The summed E-state index contributed by atoms with van der Waals surface area (Å²) in [4.78, 5) is 40.9. The van der Waals surface area contributed by atoms with Gasteiger partial charge in [-0.05, 0) is 36.8 Å². The lowest BCUT2D eigenvalue weighted by atomic mass is 9.91. The maximum atomic E-state index is 12.6. The van der Waals surface area contributed by atoms with Gasteiger partial charge in [-0.2, -0.15) is 0 Å². The van der Waals surface area contributed by atoms with Crippen molar-refractivity contribution in [2.45, 2.75) is 12.8 Å². The number of halogens is 2. The first-order chi connectivity index (χ1) is 14.9. The summed E-state index contributed by atoms with van der Waals surface area (Å²) in [6, 6.07) is 13.3. The molecule has 8 heteroatoms. The van der Waals surface area contributed by atoms with E-state index in [0.29, 0.717) is 33.2 Å². The first-order valence-electron chi connectivity index (χ1n) is 9.65. The number of esters is 1. The van der Waals surface area contributed by atoms with Gasteiger partial charge in [-0.15, -0.1) is 0 Å². The van der Waals surface area contributed by atoms with Gasteiger partial charge in [0.15, 0.2) is 5.78 Å². The summed E-state index contributed by atoms with van der Waals surface area (Å²) in [5, 5.41) is 3.45. The molecule has 1 amide bonds. The number of hydrogen-bond acceptors (Lipinski definition) is 5. The molecule has 160 valence electrons. The van der Waals surface area contributed by atoms with Crippen LogP contribution in [0.1, 0.15) is 33.6 Å². The maximum Gasteiger partial charge on any atom is 0.338 e. The minimum Gasteiger partial charge on any atom is -0.460 e. The van der Waals surface area contributed by atoms with Crippen LogP contribution in [0.5, 0.6) is 0 Å². The van der Waals surface area contributed by atoms with Crippen LogP contribution >= 0.6 is 23.2 Å². The van der Waals surface area contributed by atoms with Gasteiger partial charge in [-0.25, -0.2) is 4.79 Å².